The van der Waals surface area contributed by atoms with Crippen LogP contribution in [-0.2, 0) is 0 Å². The van der Waals surface area contributed by atoms with Gasteiger partial charge in [0.1, 0.15) is 0 Å². The zero-order valence-electron chi connectivity index (χ0n) is 26.8. The molecule has 4 heterocycles. The standard InChI is InChI=1S/C44H28N6/c1-4-13-29(14-5-1)42-46-43(30-15-6-2-7-16-30)48-44(47-42)31-17-12-20-33(25-31)50-38-22-11-10-21-34(38)35-26-36-37-28-45-24-23-39(37)49(41(36)27-40(35)50)32-18-8-3-9-19-32/h1-28H. The molecule has 6 nitrogen and oxygen atoms in total. The van der Waals surface area contributed by atoms with E-state index >= 15 is 0 Å². The first-order chi connectivity index (χ1) is 24.8. The molecular weight excluding hydrogens is 613 g/mol. The molecule has 0 saturated carbocycles. The summed E-state index contributed by atoms with van der Waals surface area (Å²) in [5.41, 5.74) is 9.45. The minimum atomic E-state index is 0.624. The maximum Gasteiger partial charge on any atom is 0.164 e. The summed E-state index contributed by atoms with van der Waals surface area (Å²) in [6.45, 7) is 0. The van der Waals surface area contributed by atoms with Crippen molar-refractivity contribution in [2.75, 3.05) is 0 Å². The van der Waals surface area contributed by atoms with Crippen LogP contribution in [-0.4, -0.2) is 29.1 Å². The average Bonchev–Trinajstić information content (AvgIpc) is 3.70. The van der Waals surface area contributed by atoms with Gasteiger partial charge in [0.2, 0.25) is 0 Å². The summed E-state index contributed by atoms with van der Waals surface area (Å²) in [5.74, 6) is 1.91. The SMILES string of the molecule is c1ccc(-c2nc(-c3ccccc3)nc(-c3cccc(-n4c5ccccc5c5cc6c7cnccc7n(-c7ccccc7)c6cc54)c3)n2)cc1. The maximum atomic E-state index is 5.02. The summed E-state index contributed by atoms with van der Waals surface area (Å²) in [7, 11) is 0. The van der Waals surface area contributed by atoms with Crippen LogP contribution in [0.1, 0.15) is 0 Å². The second kappa shape index (κ2) is 11.4. The van der Waals surface area contributed by atoms with Crippen molar-refractivity contribution in [1.29, 1.82) is 0 Å². The highest BCUT2D eigenvalue weighted by atomic mass is 15.0. The zero-order chi connectivity index (χ0) is 33.0. The quantitative estimate of drug-likeness (QED) is 0.188. The summed E-state index contributed by atoms with van der Waals surface area (Å²) in [5, 5.41) is 4.68. The van der Waals surface area contributed by atoms with Crippen LogP contribution in [0.2, 0.25) is 0 Å². The molecule has 0 N–H and O–H groups in total. The predicted molar refractivity (Wildman–Crippen MR) is 203 cm³/mol. The van der Waals surface area contributed by atoms with Gasteiger partial charge in [0, 0.05) is 62.0 Å². The number of nitrogens with zero attached hydrogens (tertiary/aromatic N) is 6. The number of aromatic nitrogens is 6. The molecule has 4 aromatic heterocycles. The van der Waals surface area contributed by atoms with Gasteiger partial charge in [0.15, 0.2) is 17.5 Å². The number of hydrogen-bond donors (Lipinski definition) is 0. The monoisotopic (exact) mass is 640 g/mol. The lowest BCUT2D eigenvalue weighted by Crippen LogP contribution is -2.01. The van der Waals surface area contributed by atoms with Gasteiger partial charge in [-0.05, 0) is 48.5 Å². The van der Waals surface area contributed by atoms with Crippen LogP contribution >= 0.6 is 0 Å². The van der Waals surface area contributed by atoms with E-state index in [9.17, 15) is 0 Å². The molecule has 234 valence electrons. The molecule has 6 aromatic carbocycles. The van der Waals surface area contributed by atoms with Gasteiger partial charge in [-0.1, -0.05) is 109 Å². The van der Waals surface area contributed by atoms with E-state index in [2.05, 4.69) is 111 Å². The summed E-state index contributed by atoms with van der Waals surface area (Å²) >= 11 is 0. The van der Waals surface area contributed by atoms with Crippen molar-refractivity contribution in [1.82, 2.24) is 29.1 Å². The second-order valence-electron chi connectivity index (χ2n) is 12.4. The molecule has 0 aliphatic heterocycles. The van der Waals surface area contributed by atoms with Crippen LogP contribution in [0.4, 0.5) is 0 Å². The van der Waals surface area contributed by atoms with Crippen LogP contribution in [0.3, 0.4) is 0 Å². The Morgan fingerprint density at radius 3 is 1.56 bits per heavy atom. The van der Waals surface area contributed by atoms with E-state index in [4.69, 9.17) is 15.0 Å². The highest BCUT2D eigenvalue weighted by molar-refractivity contribution is 6.19. The van der Waals surface area contributed by atoms with E-state index in [0.29, 0.717) is 17.5 Å². The van der Waals surface area contributed by atoms with Crippen molar-refractivity contribution in [2.45, 2.75) is 0 Å². The molecule has 50 heavy (non-hydrogen) atoms. The summed E-state index contributed by atoms with van der Waals surface area (Å²) < 4.78 is 4.70. The molecule has 0 fully saturated rings. The van der Waals surface area contributed by atoms with Gasteiger partial charge in [-0.3, -0.25) is 4.98 Å². The molecule has 0 saturated heterocycles. The Kier molecular flexibility index (Phi) is 6.39. The van der Waals surface area contributed by atoms with Crippen molar-refractivity contribution in [3.05, 3.63) is 170 Å². The fourth-order valence-corrected chi connectivity index (χ4v) is 7.18. The molecule has 0 atom stereocenters. The molecule has 10 rings (SSSR count). The minimum absolute atomic E-state index is 0.624. The molecule has 10 aromatic rings. The van der Waals surface area contributed by atoms with Gasteiger partial charge in [-0.15, -0.1) is 0 Å². The van der Waals surface area contributed by atoms with Crippen LogP contribution in [0.25, 0.3) is 89.2 Å². The molecule has 0 spiro atoms. The molecule has 0 aliphatic rings. The largest absolute Gasteiger partial charge is 0.309 e. The highest BCUT2D eigenvalue weighted by Gasteiger charge is 2.19. The van der Waals surface area contributed by atoms with Gasteiger partial charge in [-0.25, -0.2) is 15.0 Å². The molecule has 0 unspecified atom stereocenters. The number of pyridine rings is 1. The van der Waals surface area contributed by atoms with Crippen molar-refractivity contribution < 1.29 is 0 Å². The van der Waals surface area contributed by atoms with Gasteiger partial charge in [0.05, 0.1) is 22.1 Å². The third-order valence-corrected chi connectivity index (χ3v) is 9.44. The fraction of sp³-hybridized carbons (Fsp3) is 0. The number of para-hydroxylation sites is 2. The Morgan fingerprint density at radius 1 is 0.340 bits per heavy atom. The third-order valence-electron chi connectivity index (χ3n) is 9.44. The van der Waals surface area contributed by atoms with Gasteiger partial charge in [0.25, 0.3) is 0 Å². The molecule has 0 bridgehead atoms. The van der Waals surface area contributed by atoms with E-state index < -0.39 is 0 Å². The third kappa shape index (κ3) is 4.50. The lowest BCUT2D eigenvalue weighted by molar-refractivity contribution is 1.07. The summed E-state index contributed by atoms with van der Waals surface area (Å²) in [6.07, 6.45) is 3.85. The summed E-state index contributed by atoms with van der Waals surface area (Å²) in [6, 6.07) is 54.6. The van der Waals surface area contributed by atoms with Crippen LogP contribution in [0.5, 0.6) is 0 Å². The normalized spacial score (nSPS) is 11.6. The number of fused-ring (bicyclic) bond motifs is 6. The predicted octanol–water partition coefficient (Wildman–Crippen LogP) is 10.5. The van der Waals surface area contributed by atoms with E-state index in [1.807, 2.05) is 73.1 Å². The Balaban J connectivity index is 1.22. The first-order valence-electron chi connectivity index (χ1n) is 16.6. The number of hydrogen-bond acceptors (Lipinski definition) is 4. The molecule has 0 aliphatic carbocycles. The van der Waals surface area contributed by atoms with Crippen molar-refractivity contribution in [2.24, 2.45) is 0 Å². The first-order valence-corrected chi connectivity index (χ1v) is 16.6. The van der Waals surface area contributed by atoms with Gasteiger partial charge < -0.3 is 9.13 Å². The van der Waals surface area contributed by atoms with Crippen molar-refractivity contribution in [3.63, 3.8) is 0 Å². The average molecular weight is 641 g/mol. The Bertz CT molecular complexity index is 2800. The number of rotatable bonds is 5. The minimum Gasteiger partial charge on any atom is -0.309 e. The Labute approximate surface area is 287 Å². The second-order valence-corrected chi connectivity index (χ2v) is 12.4. The van der Waals surface area contributed by atoms with E-state index in [1.54, 1.807) is 0 Å². The van der Waals surface area contributed by atoms with E-state index in [0.717, 1.165) is 55.5 Å². The lowest BCUT2D eigenvalue weighted by atomic mass is 10.1. The Hall–Kier alpha value is -6.92. The van der Waals surface area contributed by atoms with Gasteiger partial charge >= 0.3 is 0 Å². The smallest absolute Gasteiger partial charge is 0.164 e. The Morgan fingerprint density at radius 2 is 0.860 bits per heavy atom. The summed E-state index contributed by atoms with van der Waals surface area (Å²) in [4.78, 5) is 19.5. The van der Waals surface area contributed by atoms with Crippen molar-refractivity contribution >= 4 is 43.6 Å². The van der Waals surface area contributed by atoms with Crippen LogP contribution in [0, 0.1) is 0 Å². The van der Waals surface area contributed by atoms with E-state index in [1.165, 1.54) is 16.2 Å². The lowest BCUT2D eigenvalue weighted by Gasteiger charge is -2.12. The topological polar surface area (TPSA) is 61.4 Å². The fourth-order valence-electron chi connectivity index (χ4n) is 7.18. The molecule has 0 amide bonds. The molecule has 6 heteroatoms. The molecular formula is C44H28N6. The van der Waals surface area contributed by atoms with Crippen LogP contribution in [0.15, 0.2) is 170 Å². The first kappa shape index (κ1) is 28.1. The van der Waals surface area contributed by atoms with Gasteiger partial charge in [-0.2, -0.15) is 0 Å². The maximum absolute atomic E-state index is 5.02. The number of benzene rings is 6. The molecule has 0 radical (unpaired) electrons. The van der Waals surface area contributed by atoms with Crippen LogP contribution < -0.4 is 0 Å². The zero-order valence-corrected chi connectivity index (χ0v) is 26.8. The van der Waals surface area contributed by atoms with Crippen molar-refractivity contribution in [3.8, 4) is 45.5 Å². The highest BCUT2D eigenvalue weighted by Crippen LogP contribution is 2.39. The van der Waals surface area contributed by atoms with E-state index in [-0.39, 0.29) is 0 Å².